The lowest BCUT2D eigenvalue weighted by molar-refractivity contribution is -0.141. The van der Waals surface area contributed by atoms with Crippen molar-refractivity contribution < 1.29 is 29.0 Å². The van der Waals surface area contributed by atoms with Gasteiger partial charge in [0, 0.05) is 29.7 Å². The topological polar surface area (TPSA) is 99.6 Å². The first kappa shape index (κ1) is 29.3. The van der Waals surface area contributed by atoms with E-state index in [1.54, 1.807) is 33.9 Å². The zero-order valence-electron chi connectivity index (χ0n) is 24.6. The summed E-state index contributed by atoms with van der Waals surface area (Å²) >= 11 is 1.53. The second-order valence-electron chi connectivity index (χ2n) is 11.2. The summed E-state index contributed by atoms with van der Waals surface area (Å²) in [6, 6.07) is 13.3. The molecule has 9 nitrogen and oxygen atoms in total. The van der Waals surface area contributed by atoms with Crippen LogP contribution in [-0.2, 0) is 14.4 Å². The first-order valence-corrected chi connectivity index (χ1v) is 15.7. The molecule has 0 saturated carbocycles. The Bertz CT molecular complexity index is 1440. The third-order valence-corrected chi connectivity index (χ3v) is 10.8. The molecule has 0 aliphatic carbocycles. The number of aliphatic hydroxyl groups is 1. The summed E-state index contributed by atoms with van der Waals surface area (Å²) < 4.78 is 9.93. The van der Waals surface area contributed by atoms with Crippen LogP contribution < -0.4 is 19.3 Å². The van der Waals surface area contributed by atoms with Crippen molar-refractivity contribution >= 4 is 40.9 Å². The van der Waals surface area contributed by atoms with Gasteiger partial charge >= 0.3 is 0 Å². The molecular formula is C33H37N3O6S. The van der Waals surface area contributed by atoms with E-state index in [2.05, 4.69) is 0 Å². The molecule has 0 bridgehead atoms. The van der Waals surface area contributed by atoms with Crippen molar-refractivity contribution in [1.29, 1.82) is 0 Å². The summed E-state index contributed by atoms with van der Waals surface area (Å²) in [5.41, 5.74) is 1.42. The lowest BCUT2D eigenvalue weighted by Crippen LogP contribution is -2.56. The lowest BCUT2D eigenvalue weighted by atomic mass is 9.78. The maximum Gasteiger partial charge on any atom is 0.251 e. The lowest BCUT2D eigenvalue weighted by Gasteiger charge is -2.38. The summed E-state index contributed by atoms with van der Waals surface area (Å²) in [6.45, 7) is 4.80. The number of hydrogen-bond acceptors (Lipinski definition) is 7. The van der Waals surface area contributed by atoms with Crippen LogP contribution in [0.1, 0.15) is 20.3 Å². The van der Waals surface area contributed by atoms with E-state index in [-0.39, 0.29) is 29.6 Å². The predicted molar refractivity (Wildman–Crippen MR) is 166 cm³/mol. The van der Waals surface area contributed by atoms with Crippen LogP contribution in [0.4, 0.5) is 11.4 Å². The number of ether oxygens (including phenoxy) is 2. The number of thioether (sulfide) groups is 1. The number of carbonyl (C=O) groups excluding carboxylic acids is 3. The van der Waals surface area contributed by atoms with E-state index in [1.165, 1.54) is 11.8 Å². The Kier molecular flexibility index (Phi) is 8.00. The molecule has 43 heavy (non-hydrogen) atoms. The molecule has 10 heteroatoms. The molecule has 1 unspecified atom stereocenters. The maximum absolute atomic E-state index is 14.6. The van der Waals surface area contributed by atoms with Crippen LogP contribution in [0.15, 0.2) is 72.8 Å². The van der Waals surface area contributed by atoms with Crippen molar-refractivity contribution in [2.24, 2.45) is 11.8 Å². The number of anilines is 2. The zero-order chi connectivity index (χ0) is 30.3. The van der Waals surface area contributed by atoms with Crippen molar-refractivity contribution in [3.8, 4) is 11.5 Å². The van der Waals surface area contributed by atoms with E-state index in [0.717, 1.165) is 11.4 Å². The van der Waals surface area contributed by atoms with Gasteiger partial charge in [-0.25, -0.2) is 0 Å². The molecular weight excluding hydrogens is 566 g/mol. The molecule has 226 valence electrons. The van der Waals surface area contributed by atoms with Gasteiger partial charge in [-0.15, -0.1) is 11.8 Å². The molecule has 1 spiro atoms. The summed E-state index contributed by atoms with van der Waals surface area (Å²) in [5.74, 6) is -0.647. The fraction of sp³-hybridized carbons (Fsp3) is 0.424. The molecule has 6 atom stereocenters. The highest BCUT2D eigenvalue weighted by atomic mass is 32.2. The summed E-state index contributed by atoms with van der Waals surface area (Å²) in [6.07, 6.45) is 8.43. The van der Waals surface area contributed by atoms with Crippen molar-refractivity contribution in [3.63, 3.8) is 0 Å². The predicted octanol–water partition coefficient (Wildman–Crippen LogP) is 3.67. The van der Waals surface area contributed by atoms with Gasteiger partial charge in [0.2, 0.25) is 11.8 Å². The van der Waals surface area contributed by atoms with Gasteiger partial charge in [0.05, 0.1) is 42.9 Å². The van der Waals surface area contributed by atoms with Gasteiger partial charge in [0.15, 0.2) is 0 Å². The molecule has 0 aromatic heterocycles. The monoisotopic (exact) mass is 603 g/mol. The van der Waals surface area contributed by atoms with E-state index in [1.807, 2.05) is 74.5 Å². The van der Waals surface area contributed by atoms with E-state index >= 15 is 0 Å². The normalized spacial score (nSPS) is 28.7. The second-order valence-corrected chi connectivity index (χ2v) is 12.7. The number of rotatable bonds is 8. The zero-order valence-corrected chi connectivity index (χ0v) is 25.4. The fourth-order valence-electron chi connectivity index (χ4n) is 7.00. The number of nitrogens with zero attached hydrogens (tertiary/aromatic N) is 3. The average Bonchev–Trinajstić information content (AvgIpc) is 3.34. The van der Waals surface area contributed by atoms with Crippen LogP contribution in [0, 0.1) is 11.8 Å². The SMILES string of the molecule is CCOc1ccc(N2CC=C[C@H]3S[C@]45C=CCN(c6ccc(OC)cc6)C(=O)C4N([C@@H](CC)CO)C(=O)[C@@H]5[C@H]3C2=O)cc1. The number of benzene rings is 2. The Balaban J connectivity index is 1.41. The standard InChI is InChI=1S/C33H37N3O6S/c1-4-21(20-37)36-29-32(40)35(23-9-13-24(41-3)14-10-23)19-7-17-33(29)28(31(36)39)27-26(43-33)8-6-18-34(30(27)38)22-11-15-25(16-12-22)42-5-2/h6-17,21,26-29,37H,4-5,18-20H2,1-3H3/t21-,26+,27-,28-,29?,33-/m0/s1. The largest absolute Gasteiger partial charge is 0.497 e. The fourth-order valence-corrected chi connectivity index (χ4v) is 8.99. The highest BCUT2D eigenvalue weighted by molar-refractivity contribution is 8.02. The minimum absolute atomic E-state index is 0.142. The second kappa shape index (κ2) is 11.7. The molecule has 1 N–H and O–H groups in total. The Hall–Kier alpha value is -3.76. The number of carbonyl (C=O) groups is 3. The van der Waals surface area contributed by atoms with E-state index in [4.69, 9.17) is 9.47 Å². The number of methoxy groups -OCH3 is 1. The highest BCUT2D eigenvalue weighted by Crippen LogP contribution is 2.61. The van der Waals surface area contributed by atoms with E-state index in [9.17, 15) is 19.5 Å². The Morgan fingerprint density at radius 2 is 1.53 bits per heavy atom. The van der Waals surface area contributed by atoms with Crippen LogP contribution in [0.5, 0.6) is 11.5 Å². The number of amides is 3. The van der Waals surface area contributed by atoms with Crippen LogP contribution in [0.2, 0.25) is 0 Å². The highest BCUT2D eigenvalue weighted by Gasteiger charge is 2.71. The van der Waals surface area contributed by atoms with Gasteiger partial charge in [0.25, 0.3) is 5.91 Å². The van der Waals surface area contributed by atoms with Gasteiger partial charge in [0.1, 0.15) is 17.5 Å². The molecule has 2 saturated heterocycles. The summed E-state index contributed by atoms with van der Waals surface area (Å²) in [7, 11) is 1.59. The maximum atomic E-state index is 14.6. The van der Waals surface area contributed by atoms with Crippen LogP contribution in [0.3, 0.4) is 0 Å². The minimum atomic E-state index is -0.963. The minimum Gasteiger partial charge on any atom is -0.497 e. The van der Waals surface area contributed by atoms with Gasteiger partial charge in [-0.3, -0.25) is 14.4 Å². The first-order chi connectivity index (χ1) is 20.9. The average molecular weight is 604 g/mol. The third-order valence-electron chi connectivity index (χ3n) is 9.02. The van der Waals surface area contributed by atoms with Crippen molar-refractivity contribution in [2.45, 2.75) is 42.3 Å². The third kappa shape index (κ3) is 4.71. The first-order valence-electron chi connectivity index (χ1n) is 14.8. The van der Waals surface area contributed by atoms with Gasteiger partial charge in [-0.05, 0) is 61.9 Å². The van der Waals surface area contributed by atoms with E-state index in [0.29, 0.717) is 37.6 Å². The smallest absolute Gasteiger partial charge is 0.251 e. The molecule has 2 fully saturated rings. The summed E-state index contributed by atoms with van der Waals surface area (Å²) in [4.78, 5) is 48.5. The Morgan fingerprint density at radius 3 is 2.14 bits per heavy atom. The molecule has 0 radical (unpaired) electrons. The Labute approximate surface area is 256 Å². The Morgan fingerprint density at radius 1 is 0.907 bits per heavy atom. The number of likely N-dealkylation sites (tertiary alicyclic amines) is 1. The molecule has 6 rings (SSSR count). The van der Waals surface area contributed by atoms with Crippen molar-refractivity contribution in [2.75, 3.05) is 43.2 Å². The van der Waals surface area contributed by atoms with Crippen LogP contribution in [-0.4, -0.2) is 83.2 Å². The van der Waals surface area contributed by atoms with E-state index < -0.39 is 28.7 Å². The van der Waals surface area contributed by atoms with Gasteiger partial charge in [-0.2, -0.15) is 0 Å². The van der Waals surface area contributed by atoms with Crippen molar-refractivity contribution in [1.82, 2.24) is 4.90 Å². The number of aliphatic hydroxyl groups excluding tert-OH is 1. The number of fused-ring (bicyclic) bond motifs is 2. The molecule has 4 heterocycles. The quantitative estimate of drug-likeness (QED) is 0.460. The van der Waals surface area contributed by atoms with Crippen molar-refractivity contribution in [3.05, 3.63) is 72.8 Å². The molecule has 4 aliphatic heterocycles. The van der Waals surface area contributed by atoms with Gasteiger partial charge < -0.3 is 29.3 Å². The van der Waals surface area contributed by atoms with Crippen LogP contribution >= 0.6 is 11.8 Å². The van der Waals surface area contributed by atoms with Gasteiger partial charge in [-0.1, -0.05) is 31.2 Å². The number of hydrogen-bond donors (Lipinski definition) is 1. The molecule has 3 amide bonds. The molecule has 4 aliphatic rings. The molecule has 2 aromatic carbocycles. The molecule has 2 aromatic rings. The van der Waals surface area contributed by atoms with Crippen LogP contribution in [0.25, 0.3) is 0 Å². The summed E-state index contributed by atoms with van der Waals surface area (Å²) in [5, 5.41) is 10.1.